The van der Waals surface area contributed by atoms with Crippen LogP contribution in [-0.4, -0.2) is 11.2 Å². The second-order valence-corrected chi connectivity index (χ2v) is 8.76. The van der Waals surface area contributed by atoms with E-state index in [-0.39, 0.29) is 6.10 Å². The maximum absolute atomic E-state index is 11.2. The molecular weight excluding hydrogens is 352 g/mol. The third kappa shape index (κ3) is 8.34. The van der Waals surface area contributed by atoms with Crippen LogP contribution in [0.2, 0.25) is 0 Å². The van der Waals surface area contributed by atoms with Crippen molar-refractivity contribution in [2.24, 2.45) is 5.92 Å². The van der Waals surface area contributed by atoms with Crippen molar-refractivity contribution in [1.82, 2.24) is 0 Å². The molecule has 0 fully saturated rings. The van der Waals surface area contributed by atoms with Crippen molar-refractivity contribution in [2.45, 2.75) is 97.5 Å². The zero-order valence-corrected chi connectivity index (χ0v) is 19.0. The van der Waals surface area contributed by atoms with E-state index in [9.17, 15) is 5.11 Å². The first-order chi connectivity index (χ1) is 14.2. The van der Waals surface area contributed by atoms with Gasteiger partial charge in [0, 0.05) is 0 Å². The molecule has 0 saturated heterocycles. The molecule has 2 rings (SSSR count). The van der Waals surface area contributed by atoms with Crippen LogP contribution in [0.3, 0.4) is 0 Å². The molecule has 0 bridgehead atoms. The third-order valence-corrected chi connectivity index (χ3v) is 6.18. The number of hydrogen-bond donors (Lipinski definition) is 1. The Kier molecular flexibility index (Phi) is 11.1. The molecule has 0 saturated carbocycles. The fourth-order valence-corrected chi connectivity index (χ4v) is 4.34. The van der Waals surface area contributed by atoms with Crippen molar-refractivity contribution in [3.63, 3.8) is 0 Å². The molecule has 2 unspecified atom stereocenters. The highest BCUT2D eigenvalue weighted by atomic mass is 16.3. The molecule has 29 heavy (non-hydrogen) atoms. The Morgan fingerprint density at radius 1 is 0.759 bits per heavy atom. The highest BCUT2D eigenvalue weighted by Crippen LogP contribution is 2.29. The average Bonchev–Trinajstić information content (AvgIpc) is 2.74. The molecule has 0 spiro atoms. The number of rotatable bonds is 14. The van der Waals surface area contributed by atoms with Gasteiger partial charge >= 0.3 is 0 Å². The lowest BCUT2D eigenvalue weighted by Gasteiger charge is -2.24. The van der Waals surface area contributed by atoms with E-state index in [4.69, 9.17) is 0 Å². The molecule has 1 N–H and O–H groups in total. The number of aliphatic hydroxyl groups is 1. The van der Waals surface area contributed by atoms with Gasteiger partial charge in [0.1, 0.15) is 0 Å². The van der Waals surface area contributed by atoms with Crippen LogP contribution >= 0.6 is 0 Å². The fourth-order valence-electron chi connectivity index (χ4n) is 4.34. The maximum Gasteiger partial charge on any atom is 0.0608 e. The lowest BCUT2D eigenvalue weighted by Crippen LogP contribution is -2.23. The fraction of sp³-hybridized carbons (Fsp3) is 0.571. The summed E-state index contributed by atoms with van der Waals surface area (Å²) in [5, 5.41) is 11.2. The van der Waals surface area contributed by atoms with E-state index in [1.54, 1.807) is 0 Å². The molecule has 0 aliphatic carbocycles. The summed E-state index contributed by atoms with van der Waals surface area (Å²) in [5.74, 6) is 0.424. The van der Waals surface area contributed by atoms with Crippen molar-refractivity contribution < 1.29 is 5.11 Å². The zero-order valence-electron chi connectivity index (χ0n) is 19.0. The lowest BCUT2D eigenvalue weighted by atomic mass is 9.85. The molecule has 2 aromatic carbocycles. The van der Waals surface area contributed by atoms with Crippen LogP contribution in [0, 0.1) is 12.8 Å². The maximum atomic E-state index is 11.2. The normalized spacial score (nSPS) is 13.4. The highest BCUT2D eigenvalue weighted by molar-refractivity contribution is 5.68. The summed E-state index contributed by atoms with van der Waals surface area (Å²) in [7, 11) is 0. The number of hydrogen-bond acceptors (Lipinski definition) is 1. The molecule has 0 amide bonds. The standard InChI is InChI=1S/C28H42O/c1-4-6-8-9-12-18-25(17-11-7-5-2)28(29)22-26-20-19-23(3)21-27(26)24-15-13-10-14-16-24/h10,13-16,19-21,25,28-29H,4-9,11-12,17-18,22H2,1-3H3. The van der Waals surface area contributed by atoms with Crippen molar-refractivity contribution in [3.05, 3.63) is 59.7 Å². The smallest absolute Gasteiger partial charge is 0.0608 e. The van der Waals surface area contributed by atoms with E-state index in [0.717, 1.165) is 12.8 Å². The Hall–Kier alpha value is -1.60. The van der Waals surface area contributed by atoms with Crippen LogP contribution in [0.1, 0.15) is 89.2 Å². The van der Waals surface area contributed by atoms with Crippen LogP contribution < -0.4 is 0 Å². The summed E-state index contributed by atoms with van der Waals surface area (Å²) in [5.41, 5.74) is 5.08. The Bertz CT molecular complexity index is 676. The van der Waals surface area contributed by atoms with Crippen molar-refractivity contribution in [2.75, 3.05) is 0 Å². The second kappa shape index (κ2) is 13.6. The van der Waals surface area contributed by atoms with Gasteiger partial charge in [-0.05, 0) is 48.8 Å². The van der Waals surface area contributed by atoms with Crippen molar-refractivity contribution >= 4 is 0 Å². The molecule has 0 aliphatic rings. The molecule has 0 radical (unpaired) electrons. The predicted molar refractivity (Wildman–Crippen MR) is 127 cm³/mol. The average molecular weight is 395 g/mol. The Labute approximate surface area is 179 Å². The molecule has 2 aromatic rings. The monoisotopic (exact) mass is 394 g/mol. The topological polar surface area (TPSA) is 20.2 Å². The first-order valence-electron chi connectivity index (χ1n) is 12.0. The van der Waals surface area contributed by atoms with E-state index in [1.165, 1.54) is 80.0 Å². The van der Waals surface area contributed by atoms with E-state index < -0.39 is 0 Å². The first kappa shape index (κ1) is 23.7. The summed E-state index contributed by atoms with van der Waals surface area (Å²) >= 11 is 0. The molecule has 0 heterocycles. The zero-order chi connectivity index (χ0) is 20.9. The molecule has 1 nitrogen and oxygen atoms in total. The van der Waals surface area contributed by atoms with Crippen LogP contribution in [0.4, 0.5) is 0 Å². The minimum absolute atomic E-state index is 0.247. The van der Waals surface area contributed by atoms with E-state index in [0.29, 0.717) is 5.92 Å². The van der Waals surface area contributed by atoms with Crippen LogP contribution in [0.5, 0.6) is 0 Å². The number of aryl methyl sites for hydroxylation is 1. The van der Waals surface area contributed by atoms with Crippen LogP contribution in [0.15, 0.2) is 48.5 Å². The van der Waals surface area contributed by atoms with Gasteiger partial charge in [0.05, 0.1) is 6.10 Å². The molecule has 2 atom stereocenters. The van der Waals surface area contributed by atoms with Gasteiger partial charge in [-0.2, -0.15) is 0 Å². The van der Waals surface area contributed by atoms with Gasteiger partial charge in [-0.1, -0.05) is 119 Å². The minimum Gasteiger partial charge on any atom is -0.392 e. The van der Waals surface area contributed by atoms with Gasteiger partial charge in [0.15, 0.2) is 0 Å². The van der Waals surface area contributed by atoms with E-state index in [2.05, 4.69) is 69.3 Å². The quantitative estimate of drug-likeness (QED) is 0.321. The molecular formula is C28H42O. The van der Waals surface area contributed by atoms with Gasteiger partial charge in [-0.25, -0.2) is 0 Å². The summed E-state index contributed by atoms with van der Waals surface area (Å²) in [6, 6.07) is 17.3. The summed E-state index contributed by atoms with van der Waals surface area (Å²) in [6.07, 6.45) is 13.1. The lowest BCUT2D eigenvalue weighted by molar-refractivity contribution is 0.0940. The van der Waals surface area contributed by atoms with Gasteiger partial charge in [0.2, 0.25) is 0 Å². The first-order valence-corrected chi connectivity index (χ1v) is 12.0. The minimum atomic E-state index is -0.247. The van der Waals surface area contributed by atoms with Crippen LogP contribution in [-0.2, 0) is 6.42 Å². The Morgan fingerprint density at radius 2 is 1.38 bits per heavy atom. The van der Waals surface area contributed by atoms with Gasteiger partial charge in [-0.3, -0.25) is 0 Å². The van der Waals surface area contributed by atoms with E-state index in [1.807, 2.05) is 0 Å². The highest BCUT2D eigenvalue weighted by Gasteiger charge is 2.20. The second-order valence-electron chi connectivity index (χ2n) is 8.76. The van der Waals surface area contributed by atoms with Crippen molar-refractivity contribution in [1.29, 1.82) is 0 Å². The Morgan fingerprint density at radius 3 is 2.07 bits per heavy atom. The summed E-state index contributed by atoms with van der Waals surface area (Å²) < 4.78 is 0. The Balaban J connectivity index is 2.07. The number of aliphatic hydroxyl groups excluding tert-OH is 1. The molecule has 0 aliphatic heterocycles. The summed E-state index contributed by atoms with van der Waals surface area (Å²) in [6.45, 7) is 6.67. The van der Waals surface area contributed by atoms with Gasteiger partial charge < -0.3 is 5.11 Å². The van der Waals surface area contributed by atoms with E-state index >= 15 is 0 Å². The van der Waals surface area contributed by atoms with Gasteiger partial charge in [-0.15, -0.1) is 0 Å². The van der Waals surface area contributed by atoms with Crippen molar-refractivity contribution in [3.8, 4) is 11.1 Å². The largest absolute Gasteiger partial charge is 0.392 e. The number of benzene rings is 2. The molecule has 160 valence electrons. The van der Waals surface area contributed by atoms with Gasteiger partial charge in [0.25, 0.3) is 0 Å². The predicted octanol–water partition coefficient (Wildman–Crippen LogP) is 8.12. The SMILES string of the molecule is CCCCCCCC(CCCCC)C(O)Cc1ccc(C)cc1-c1ccccc1. The summed E-state index contributed by atoms with van der Waals surface area (Å²) in [4.78, 5) is 0. The molecule has 1 heteroatoms. The number of unbranched alkanes of at least 4 members (excludes halogenated alkanes) is 6. The van der Waals surface area contributed by atoms with Crippen LogP contribution in [0.25, 0.3) is 11.1 Å². The molecule has 0 aromatic heterocycles. The third-order valence-electron chi connectivity index (χ3n) is 6.18.